The molecule has 2 amide bonds. The number of anilines is 1. The minimum Gasteiger partial charge on any atom is -0.459 e. The van der Waals surface area contributed by atoms with Crippen LogP contribution in [0.25, 0.3) is 0 Å². The number of benzene rings is 1. The molecule has 29 heavy (non-hydrogen) atoms. The quantitative estimate of drug-likeness (QED) is 0.673. The van der Waals surface area contributed by atoms with Crippen molar-refractivity contribution in [2.45, 2.75) is 19.4 Å². The summed E-state index contributed by atoms with van der Waals surface area (Å²) < 4.78 is 32.8. The van der Waals surface area contributed by atoms with E-state index in [0.29, 0.717) is 12.1 Å². The zero-order valence-electron chi connectivity index (χ0n) is 15.6. The summed E-state index contributed by atoms with van der Waals surface area (Å²) in [6.07, 6.45) is 1.72. The van der Waals surface area contributed by atoms with E-state index >= 15 is 0 Å². The summed E-state index contributed by atoms with van der Waals surface area (Å²) in [5.74, 6) is -1.72. The first-order valence-corrected chi connectivity index (χ1v) is 10.7. The number of hydrogen-bond acceptors (Lipinski definition) is 7. The highest BCUT2D eigenvalue weighted by molar-refractivity contribution is 7.91. The average molecular weight is 420 g/mol. The Hall–Kier alpha value is -3.14. The lowest BCUT2D eigenvalue weighted by Crippen LogP contribution is -2.38. The second kappa shape index (κ2) is 8.48. The van der Waals surface area contributed by atoms with Crippen LogP contribution < -0.4 is 10.6 Å². The highest BCUT2D eigenvalue weighted by atomic mass is 32.2. The zero-order valence-corrected chi connectivity index (χ0v) is 16.5. The van der Waals surface area contributed by atoms with Crippen LogP contribution in [-0.2, 0) is 19.4 Å². The number of hydrogen-bond donors (Lipinski definition) is 2. The zero-order chi connectivity index (χ0) is 21.0. The third-order valence-corrected chi connectivity index (χ3v) is 6.17. The second-order valence-electron chi connectivity index (χ2n) is 6.70. The number of amides is 2. The number of carbonyl (C=O) groups excluding carboxylic acids is 3. The summed E-state index contributed by atoms with van der Waals surface area (Å²) in [7, 11) is -3.11. The predicted molar refractivity (Wildman–Crippen MR) is 103 cm³/mol. The van der Waals surface area contributed by atoms with Crippen molar-refractivity contribution in [2.24, 2.45) is 0 Å². The highest BCUT2D eigenvalue weighted by Gasteiger charge is 2.29. The van der Waals surface area contributed by atoms with E-state index in [-0.39, 0.29) is 22.8 Å². The van der Waals surface area contributed by atoms with Gasteiger partial charge >= 0.3 is 5.97 Å². The van der Waals surface area contributed by atoms with E-state index in [2.05, 4.69) is 10.6 Å². The Morgan fingerprint density at radius 2 is 2.03 bits per heavy atom. The van der Waals surface area contributed by atoms with E-state index in [4.69, 9.17) is 9.15 Å². The largest absolute Gasteiger partial charge is 0.459 e. The molecule has 1 aliphatic rings. The van der Waals surface area contributed by atoms with Crippen LogP contribution >= 0.6 is 0 Å². The molecular weight excluding hydrogens is 400 g/mol. The maximum Gasteiger partial charge on any atom is 0.338 e. The summed E-state index contributed by atoms with van der Waals surface area (Å²) in [6, 6.07) is 7.23. The Bertz CT molecular complexity index is 1030. The van der Waals surface area contributed by atoms with Crippen molar-refractivity contribution in [3.05, 3.63) is 53.5 Å². The van der Waals surface area contributed by atoms with Crippen LogP contribution in [0.3, 0.4) is 0 Å². The van der Waals surface area contributed by atoms with Gasteiger partial charge in [0.1, 0.15) is 0 Å². The van der Waals surface area contributed by atoms with Gasteiger partial charge in [-0.25, -0.2) is 13.2 Å². The van der Waals surface area contributed by atoms with E-state index in [1.807, 2.05) is 0 Å². The van der Waals surface area contributed by atoms with Gasteiger partial charge in [0.05, 0.1) is 23.3 Å². The van der Waals surface area contributed by atoms with Crippen molar-refractivity contribution in [2.75, 3.05) is 23.4 Å². The van der Waals surface area contributed by atoms with Crippen LogP contribution in [0.4, 0.5) is 5.69 Å². The Labute approximate surface area is 167 Å². The van der Waals surface area contributed by atoms with Gasteiger partial charge in [-0.1, -0.05) is 6.07 Å². The van der Waals surface area contributed by atoms with Gasteiger partial charge in [-0.05, 0) is 43.2 Å². The van der Waals surface area contributed by atoms with Gasteiger partial charge in [-0.3, -0.25) is 9.59 Å². The topological polar surface area (TPSA) is 132 Å². The van der Waals surface area contributed by atoms with E-state index in [9.17, 15) is 22.8 Å². The van der Waals surface area contributed by atoms with Gasteiger partial charge in [0, 0.05) is 11.7 Å². The first kappa shape index (κ1) is 20.6. The molecule has 0 aliphatic carbocycles. The molecule has 154 valence electrons. The summed E-state index contributed by atoms with van der Waals surface area (Å²) in [5, 5.41) is 5.19. The van der Waals surface area contributed by atoms with Gasteiger partial charge in [-0.15, -0.1) is 0 Å². The van der Waals surface area contributed by atoms with Crippen LogP contribution in [0.5, 0.6) is 0 Å². The molecule has 9 nitrogen and oxygen atoms in total. The number of aryl methyl sites for hydroxylation is 1. The van der Waals surface area contributed by atoms with E-state index in [1.165, 1.54) is 24.5 Å². The fourth-order valence-corrected chi connectivity index (χ4v) is 4.54. The van der Waals surface area contributed by atoms with Gasteiger partial charge in [0.2, 0.25) is 0 Å². The summed E-state index contributed by atoms with van der Waals surface area (Å²) >= 11 is 0. The van der Waals surface area contributed by atoms with Crippen LogP contribution in [0.1, 0.15) is 32.9 Å². The fourth-order valence-electron chi connectivity index (χ4n) is 2.87. The molecule has 1 fully saturated rings. The maximum absolute atomic E-state index is 12.2. The molecule has 2 heterocycles. The number of ether oxygens (including phenoxy) is 1. The molecule has 0 radical (unpaired) electrons. The molecule has 10 heteroatoms. The molecule has 1 aliphatic heterocycles. The van der Waals surface area contributed by atoms with Gasteiger partial charge in [-0.2, -0.15) is 0 Å². The molecule has 2 aromatic rings. The lowest BCUT2D eigenvalue weighted by Gasteiger charge is -2.12. The minimum atomic E-state index is -3.11. The van der Waals surface area contributed by atoms with Crippen molar-refractivity contribution in [1.82, 2.24) is 5.32 Å². The molecule has 3 rings (SSSR count). The molecule has 0 bridgehead atoms. The third-order valence-electron chi connectivity index (χ3n) is 4.40. The van der Waals surface area contributed by atoms with Crippen LogP contribution in [-0.4, -0.2) is 50.4 Å². The molecule has 0 saturated carbocycles. The van der Waals surface area contributed by atoms with Crippen LogP contribution in [0.15, 0.2) is 41.0 Å². The molecule has 1 saturated heterocycles. The molecule has 1 unspecified atom stereocenters. The highest BCUT2D eigenvalue weighted by Crippen LogP contribution is 2.19. The van der Waals surface area contributed by atoms with E-state index in [0.717, 1.165) is 5.56 Å². The number of carbonyl (C=O) groups is 3. The third kappa shape index (κ3) is 5.44. The van der Waals surface area contributed by atoms with E-state index in [1.54, 1.807) is 19.1 Å². The molecule has 0 spiro atoms. The summed E-state index contributed by atoms with van der Waals surface area (Å²) in [5.41, 5.74) is 1.28. The minimum absolute atomic E-state index is 0.0353. The summed E-state index contributed by atoms with van der Waals surface area (Å²) in [6.45, 7) is 1.23. The monoisotopic (exact) mass is 420 g/mol. The number of sulfone groups is 1. The number of esters is 1. The molecular formula is C19H20N2O7S. The summed E-state index contributed by atoms with van der Waals surface area (Å²) in [4.78, 5) is 36.2. The van der Waals surface area contributed by atoms with Gasteiger partial charge in [0.25, 0.3) is 11.8 Å². The smallest absolute Gasteiger partial charge is 0.338 e. The second-order valence-corrected chi connectivity index (χ2v) is 8.93. The number of furan rings is 1. The fraction of sp³-hybridized carbons (Fsp3) is 0.316. The van der Waals surface area contributed by atoms with E-state index < -0.39 is 40.3 Å². The van der Waals surface area contributed by atoms with Gasteiger partial charge < -0.3 is 19.8 Å². The molecule has 2 N–H and O–H groups in total. The van der Waals surface area contributed by atoms with Gasteiger partial charge in [0.15, 0.2) is 22.2 Å². The Balaban J connectivity index is 1.56. The normalized spacial score (nSPS) is 17.5. The lowest BCUT2D eigenvalue weighted by molar-refractivity contribution is -0.124. The first-order chi connectivity index (χ1) is 13.7. The Morgan fingerprint density at radius 3 is 2.69 bits per heavy atom. The average Bonchev–Trinajstić information content (AvgIpc) is 3.31. The first-order valence-electron chi connectivity index (χ1n) is 8.86. The van der Waals surface area contributed by atoms with Crippen molar-refractivity contribution in [3.8, 4) is 0 Å². The number of rotatable bonds is 6. The van der Waals surface area contributed by atoms with Crippen LogP contribution in [0, 0.1) is 6.92 Å². The predicted octanol–water partition coefficient (Wildman–Crippen LogP) is 1.30. The van der Waals surface area contributed by atoms with Crippen molar-refractivity contribution in [3.63, 3.8) is 0 Å². The Kier molecular flexibility index (Phi) is 6.02. The number of nitrogens with one attached hydrogen (secondary N) is 2. The maximum atomic E-state index is 12.2. The van der Waals surface area contributed by atoms with Crippen LogP contribution in [0.2, 0.25) is 0 Å². The SMILES string of the molecule is Cc1ccc(C(=O)OCC(=O)NC2CCS(=O)(=O)C2)cc1NC(=O)c1ccco1. The molecule has 1 atom stereocenters. The lowest BCUT2D eigenvalue weighted by atomic mass is 10.1. The van der Waals surface area contributed by atoms with Crippen molar-refractivity contribution < 1.29 is 32.0 Å². The molecule has 1 aromatic heterocycles. The standard InChI is InChI=1S/C19H20N2O7S/c1-12-4-5-13(9-15(12)21-18(23)16-3-2-7-27-16)19(24)28-10-17(22)20-14-6-8-29(25,26)11-14/h2-5,7,9,14H,6,8,10-11H2,1H3,(H,20,22)(H,21,23). The van der Waals surface area contributed by atoms with Crippen molar-refractivity contribution >= 4 is 33.3 Å². The Morgan fingerprint density at radius 1 is 1.24 bits per heavy atom. The molecule has 1 aromatic carbocycles. The van der Waals surface area contributed by atoms with Crippen molar-refractivity contribution in [1.29, 1.82) is 0 Å².